The lowest BCUT2D eigenvalue weighted by Crippen LogP contribution is -2.57. The van der Waals surface area contributed by atoms with Crippen molar-refractivity contribution in [3.8, 4) is 0 Å². The summed E-state index contributed by atoms with van der Waals surface area (Å²) >= 11 is 2.01. The Hall–Kier alpha value is -0.860. The van der Waals surface area contributed by atoms with Crippen LogP contribution in [0.4, 0.5) is 0 Å². The molecule has 2 aliphatic heterocycles. The molecule has 6 nitrogen and oxygen atoms in total. The number of guanidine groups is 1. The van der Waals surface area contributed by atoms with E-state index in [1.807, 2.05) is 22.6 Å². The molecule has 2 rings (SSSR count). The first-order chi connectivity index (χ1) is 5.62. The first kappa shape index (κ1) is 7.77. The second-order valence-corrected chi connectivity index (χ2v) is 4.13. The van der Waals surface area contributed by atoms with E-state index in [2.05, 4.69) is 20.6 Å². The summed E-state index contributed by atoms with van der Waals surface area (Å²) in [6.45, 7) is 0. The molecule has 2 aliphatic rings. The van der Waals surface area contributed by atoms with Crippen molar-refractivity contribution in [1.29, 1.82) is 0 Å². The van der Waals surface area contributed by atoms with Gasteiger partial charge in [-0.15, -0.1) is 0 Å². The van der Waals surface area contributed by atoms with Crippen LogP contribution in [0.3, 0.4) is 0 Å². The van der Waals surface area contributed by atoms with Crippen molar-refractivity contribution < 1.29 is 4.79 Å². The van der Waals surface area contributed by atoms with Gasteiger partial charge in [-0.2, -0.15) is 0 Å². The number of carbonyl (C=O) groups is 1. The Labute approximate surface area is 81.8 Å². The maximum absolute atomic E-state index is 11.3. The fourth-order valence-electron chi connectivity index (χ4n) is 1.11. The third kappa shape index (κ3) is 0.958. The molecule has 0 radical (unpaired) electrons. The molecule has 0 aromatic carbocycles. The van der Waals surface area contributed by atoms with Gasteiger partial charge in [0.15, 0.2) is 12.0 Å². The monoisotopic (exact) mass is 279 g/mol. The number of alkyl halides is 1. The fraction of sp³-hybridized carbons (Fsp3) is 0.400. The van der Waals surface area contributed by atoms with Gasteiger partial charge < -0.3 is 11.1 Å². The van der Waals surface area contributed by atoms with E-state index in [0.717, 1.165) is 0 Å². The number of rotatable bonds is 0. The third-order valence-corrected chi connectivity index (χ3v) is 2.78. The standard InChI is InChI=1S/C5H6IN5O/c6-5-2(8-1-9-5)3(12)10-4(7)11-5/h1-2H,(H,8,9)(H3,7,10,11,12). The molecule has 64 valence electrons. The van der Waals surface area contributed by atoms with Crippen LogP contribution in [0, 0.1) is 0 Å². The predicted octanol–water partition coefficient (Wildman–Crippen LogP) is -1.48. The maximum atomic E-state index is 11.3. The Morgan fingerprint density at radius 3 is 3.25 bits per heavy atom. The quantitative estimate of drug-likeness (QED) is 0.287. The third-order valence-electron chi connectivity index (χ3n) is 1.64. The van der Waals surface area contributed by atoms with Crippen LogP contribution in [0.2, 0.25) is 0 Å². The van der Waals surface area contributed by atoms with Crippen LogP contribution in [-0.4, -0.2) is 27.9 Å². The number of carbonyl (C=O) groups excluding carboxylic acids is 1. The highest BCUT2D eigenvalue weighted by molar-refractivity contribution is 14.1. The number of aliphatic imine (C=N–C) groups is 2. The number of nitrogens with two attached hydrogens (primary N) is 1. The molecule has 0 aromatic heterocycles. The zero-order valence-corrected chi connectivity index (χ0v) is 8.07. The molecule has 2 unspecified atom stereocenters. The Morgan fingerprint density at radius 1 is 1.75 bits per heavy atom. The number of nitrogens with zero attached hydrogens (tertiary/aromatic N) is 2. The molecule has 0 aromatic rings. The van der Waals surface area contributed by atoms with Crippen molar-refractivity contribution in [2.45, 2.75) is 9.71 Å². The Bertz CT molecular complexity index is 300. The molecule has 2 atom stereocenters. The van der Waals surface area contributed by atoms with E-state index in [-0.39, 0.29) is 11.9 Å². The van der Waals surface area contributed by atoms with Gasteiger partial charge in [-0.1, -0.05) is 0 Å². The lowest BCUT2D eigenvalue weighted by molar-refractivity contribution is -0.121. The molecule has 1 amide bonds. The van der Waals surface area contributed by atoms with E-state index in [1.165, 1.54) is 6.34 Å². The summed E-state index contributed by atoms with van der Waals surface area (Å²) in [5, 5.41) is 5.27. The fourth-order valence-corrected chi connectivity index (χ4v) is 1.96. The molecule has 12 heavy (non-hydrogen) atoms. The van der Waals surface area contributed by atoms with E-state index in [9.17, 15) is 4.79 Å². The number of hydrogen-bond donors (Lipinski definition) is 3. The smallest absolute Gasteiger partial charge is 0.256 e. The van der Waals surface area contributed by atoms with Gasteiger partial charge in [0.2, 0.25) is 3.67 Å². The summed E-state index contributed by atoms with van der Waals surface area (Å²) in [7, 11) is 0. The topological polar surface area (TPSA) is 91.9 Å². The molecule has 0 saturated heterocycles. The normalized spacial score (nSPS) is 38.2. The number of amides is 1. The van der Waals surface area contributed by atoms with Crippen LogP contribution in [0.15, 0.2) is 9.98 Å². The van der Waals surface area contributed by atoms with E-state index < -0.39 is 9.71 Å². The second-order valence-electron chi connectivity index (χ2n) is 2.48. The summed E-state index contributed by atoms with van der Waals surface area (Å²) in [6.07, 6.45) is 1.47. The van der Waals surface area contributed by atoms with Crippen molar-refractivity contribution in [2.75, 3.05) is 0 Å². The highest BCUT2D eigenvalue weighted by Crippen LogP contribution is 2.28. The summed E-state index contributed by atoms with van der Waals surface area (Å²) in [4.78, 5) is 19.2. The molecule has 4 N–H and O–H groups in total. The van der Waals surface area contributed by atoms with Crippen LogP contribution in [0.5, 0.6) is 0 Å². The predicted molar refractivity (Wildman–Crippen MR) is 51.9 cm³/mol. The van der Waals surface area contributed by atoms with Gasteiger partial charge in [-0.05, 0) is 22.6 Å². The second kappa shape index (κ2) is 2.31. The molecular weight excluding hydrogens is 273 g/mol. The maximum Gasteiger partial charge on any atom is 0.256 e. The van der Waals surface area contributed by atoms with Crippen molar-refractivity contribution >= 4 is 40.8 Å². The number of fused-ring (bicyclic) bond motifs is 1. The Balaban J connectivity index is 2.42. The highest BCUT2D eigenvalue weighted by atomic mass is 127. The van der Waals surface area contributed by atoms with Crippen LogP contribution < -0.4 is 16.4 Å². The lowest BCUT2D eigenvalue weighted by atomic mass is 10.2. The van der Waals surface area contributed by atoms with Crippen molar-refractivity contribution in [3.05, 3.63) is 0 Å². The minimum Gasteiger partial charge on any atom is -0.370 e. The van der Waals surface area contributed by atoms with Crippen LogP contribution in [0.25, 0.3) is 0 Å². The van der Waals surface area contributed by atoms with Gasteiger partial charge >= 0.3 is 0 Å². The zero-order valence-electron chi connectivity index (χ0n) is 5.91. The Kier molecular flexibility index (Phi) is 1.50. The number of hydrogen-bond acceptors (Lipinski definition) is 5. The van der Waals surface area contributed by atoms with Gasteiger partial charge in [0.05, 0.1) is 6.34 Å². The summed E-state index contributed by atoms with van der Waals surface area (Å²) in [6, 6.07) is -0.509. The largest absolute Gasteiger partial charge is 0.370 e. The highest BCUT2D eigenvalue weighted by Gasteiger charge is 2.46. The Morgan fingerprint density at radius 2 is 2.50 bits per heavy atom. The first-order valence-corrected chi connectivity index (χ1v) is 4.34. The SMILES string of the molecule is NC1=NC2(I)NC=NC2C(=O)N1. The van der Waals surface area contributed by atoms with Gasteiger partial charge in [0.1, 0.15) is 0 Å². The average Bonchev–Trinajstić information content (AvgIpc) is 2.29. The van der Waals surface area contributed by atoms with Crippen molar-refractivity contribution in [3.63, 3.8) is 0 Å². The zero-order chi connectivity index (χ0) is 8.77. The van der Waals surface area contributed by atoms with E-state index >= 15 is 0 Å². The summed E-state index contributed by atoms with van der Waals surface area (Å²) in [5.74, 6) is -0.0956. The van der Waals surface area contributed by atoms with E-state index in [0.29, 0.717) is 0 Å². The van der Waals surface area contributed by atoms with Crippen LogP contribution in [0.1, 0.15) is 0 Å². The van der Waals surface area contributed by atoms with E-state index in [1.54, 1.807) is 0 Å². The molecule has 0 bridgehead atoms. The first-order valence-electron chi connectivity index (χ1n) is 3.26. The number of nitrogens with one attached hydrogen (secondary N) is 2. The minimum absolute atomic E-state index is 0.128. The van der Waals surface area contributed by atoms with Crippen LogP contribution in [-0.2, 0) is 4.79 Å². The molecule has 0 spiro atoms. The summed E-state index contributed by atoms with van der Waals surface area (Å²) in [5.41, 5.74) is 5.38. The molecule has 0 saturated carbocycles. The van der Waals surface area contributed by atoms with Gasteiger partial charge in [0, 0.05) is 0 Å². The molecule has 2 heterocycles. The molecular formula is C5H6IN5O. The van der Waals surface area contributed by atoms with Crippen molar-refractivity contribution in [2.24, 2.45) is 15.7 Å². The minimum atomic E-state index is -0.718. The lowest BCUT2D eigenvalue weighted by Gasteiger charge is -2.27. The van der Waals surface area contributed by atoms with Gasteiger partial charge in [-0.25, -0.2) is 4.99 Å². The van der Waals surface area contributed by atoms with Gasteiger partial charge in [0.25, 0.3) is 5.91 Å². The molecule has 0 fully saturated rings. The van der Waals surface area contributed by atoms with E-state index in [4.69, 9.17) is 5.73 Å². The molecule has 7 heteroatoms. The van der Waals surface area contributed by atoms with Crippen molar-refractivity contribution in [1.82, 2.24) is 10.6 Å². The summed E-state index contributed by atoms with van der Waals surface area (Å²) < 4.78 is -0.718. The van der Waals surface area contributed by atoms with Crippen LogP contribution >= 0.6 is 22.6 Å². The number of halogens is 1. The molecule has 0 aliphatic carbocycles. The average molecular weight is 279 g/mol. The van der Waals surface area contributed by atoms with Gasteiger partial charge in [-0.3, -0.25) is 15.1 Å².